The Morgan fingerprint density at radius 3 is 3.05 bits per heavy atom. The molecule has 2 aromatic rings. The van der Waals surface area contributed by atoms with E-state index in [0.717, 1.165) is 25.9 Å². The summed E-state index contributed by atoms with van der Waals surface area (Å²) in [5, 5.41) is 7.26. The lowest BCUT2D eigenvalue weighted by Crippen LogP contribution is -2.09. The first-order chi connectivity index (χ1) is 9.70. The molecule has 1 aliphatic heterocycles. The molecule has 0 amide bonds. The quantitative estimate of drug-likeness (QED) is 0.929. The van der Waals surface area contributed by atoms with Gasteiger partial charge in [-0.25, -0.2) is 4.39 Å². The molecule has 6 heteroatoms. The van der Waals surface area contributed by atoms with E-state index in [1.165, 1.54) is 18.6 Å². The van der Waals surface area contributed by atoms with Gasteiger partial charge in [-0.05, 0) is 50.0 Å². The van der Waals surface area contributed by atoms with Gasteiger partial charge in [-0.1, -0.05) is 21.1 Å². The van der Waals surface area contributed by atoms with Crippen LogP contribution in [0.2, 0.25) is 0 Å². The van der Waals surface area contributed by atoms with Crippen molar-refractivity contribution in [2.45, 2.75) is 19.3 Å². The van der Waals surface area contributed by atoms with Gasteiger partial charge in [0.1, 0.15) is 5.82 Å². The van der Waals surface area contributed by atoms with Gasteiger partial charge in [-0.15, -0.1) is 0 Å². The third-order valence-corrected chi connectivity index (χ3v) is 3.98. The molecule has 0 spiro atoms. The smallest absolute Gasteiger partial charge is 0.226 e. The van der Waals surface area contributed by atoms with Crippen LogP contribution in [0.15, 0.2) is 27.2 Å². The van der Waals surface area contributed by atoms with Crippen molar-refractivity contribution in [1.29, 1.82) is 0 Å². The molecular weight excluding hydrogens is 325 g/mol. The van der Waals surface area contributed by atoms with Crippen LogP contribution in [0.4, 0.5) is 4.39 Å². The average molecular weight is 340 g/mol. The summed E-state index contributed by atoms with van der Waals surface area (Å²) in [5.41, 5.74) is 0.620. The Morgan fingerprint density at radius 1 is 1.40 bits per heavy atom. The molecule has 3 rings (SSSR count). The number of benzene rings is 1. The maximum absolute atomic E-state index is 13.3. The van der Waals surface area contributed by atoms with Crippen LogP contribution in [-0.4, -0.2) is 23.2 Å². The molecule has 1 aromatic heterocycles. The van der Waals surface area contributed by atoms with Gasteiger partial charge in [0.25, 0.3) is 0 Å². The Kier molecular flexibility index (Phi) is 4.12. The maximum Gasteiger partial charge on any atom is 0.226 e. The van der Waals surface area contributed by atoms with E-state index in [9.17, 15) is 4.39 Å². The van der Waals surface area contributed by atoms with Crippen LogP contribution in [0, 0.1) is 11.7 Å². The van der Waals surface area contributed by atoms with E-state index in [2.05, 4.69) is 31.4 Å². The van der Waals surface area contributed by atoms with E-state index < -0.39 is 0 Å². The van der Waals surface area contributed by atoms with Gasteiger partial charge < -0.3 is 9.84 Å². The summed E-state index contributed by atoms with van der Waals surface area (Å²) in [4.78, 5) is 4.34. The van der Waals surface area contributed by atoms with Crippen molar-refractivity contribution in [2.75, 3.05) is 13.1 Å². The lowest BCUT2D eigenvalue weighted by molar-refractivity contribution is 0.365. The van der Waals surface area contributed by atoms with Gasteiger partial charge in [0.15, 0.2) is 0 Å². The summed E-state index contributed by atoms with van der Waals surface area (Å²) in [7, 11) is 0. The molecule has 1 aliphatic rings. The molecule has 0 saturated carbocycles. The van der Waals surface area contributed by atoms with Crippen LogP contribution in [-0.2, 0) is 6.42 Å². The van der Waals surface area contributed by atoms with Gasteiger partial charge in [0.2, 0.25) is 11.7 Å². The minimum Gasteiger partial charge on any atom is -0.339 e. The molecule has 1 atom stereocenters. The Bertz CT molecular complexity index is 576. The van der Waals surface area contributed by atoms with E-state index in [0.29, 0.717) is 27.7 Å². The standard InChI is InChI=1S/C14H15BrFN3O/c15-11-5-10(6-12(16)7-11)14-18-13(20-19-14)2-1-9-3-4-17-8-9/h5-7,9,17H,1-4,8H2. The molecular formula is C14H15BrFN3O. The van der Waals surface area contributed by atoms with E-state index >= 15 is 0 Å². The van der Waals surface area contributed by atoms with Gasteiger partial charge in [0.05, 0.1) is 0 Å². The Morgan fingerprint density at radius 2 is 2.30 bits per heavy atom. The van der Waals surface area contributed by atoms with E-state index in [1.807, 2.05) is 0 Å². The summed E-state index contributed by atoms with van der Waals surface area (Å²) in [6.07, 6.45) is 3.02. The van der Waals surface area contributed by atoms with Crippen molar-refractivity contribution in [3.05, 3.63) is 34.4 Å². The highest BCUT2D eigenvalue weighted by Crippen LogP contribution is 2.23. The van der Waals surface area contributed by atoms with E-state index in [4.69, 9.17) is 4.52 Å². The van der Waals surface area contributed by atoms with Gasteiger partial charge in [-0.3, -0.25) is 0 Å². The fourth-order valence-electron chi connectivity index (χ4n) is 2.45. The number of nitrogens with zero attached hydrogens (tertiary/aromatic N) is 2. The predicted molar refractivity (Wildman–Crippen MR) is 76.7 cm³/mol. The van der Waals surface area contributed by atoms with Crippen molar-refractivity contribution < 1.29 is 8.91 Å². The number of hydrogen-bond acceptors (Lipinski definition) is 4. The fraction of sp³-hybridized carbons (Fsp3) is 0.429. The molecule has 0 radical (unpaired) electrons. The second kappa shape index (κ2) is 6.01. The number of aryl methyl sites for hydroxylation is 1. The van der Waals surface area contributed by atoms with Crippen molar-refractivity contribution in [3.63, 3.8) is 0 Å². The molecule has 1 unspecified atom stereocenters. The predicted octanol–water partition coefficient (Wildman–Crippen LogP) is 3.18. The average Bonchev–Trinajstić information content (AvgIpc) is 3.07. The molecule has 20 heavy (non-hydrogen) atoms. The number of rotatable bonds is 4. The van der Waals surface area contributed by atoms with E-state index in [-0.39, 0.29) is 5.82 Å². The highest BCUT2D eigenvalue weighted by atomic mass is 79.9. The minimum absolute atomic E-state index is 0.322. The number of halogens is 2. The largest absolute Gasteiger partial charge is 0.339 e. The minimum atomic E-state index is -0.322. The third-order valence-electron chi connectivity index (χ3n) is 3.52. The van der Waals surface area contributed by atoms with Gasteiger partial charge in [0, 0.05) is 16.5 Å². The molecule has 1 N–H and O–H groups in total. The number of nitrogens with one attached hydrogen (secondary N) is 1. The SMILES string of the molecule is Fc1cc(Br)cc(-c2noc(CCC3CCNC3)n2)c1. The summed E-state index contributed by atoms with van der Waals surface area (Å²) < 4.78 is 19.3. The van der Waals surface area contributed by atoms with Gasteiger partial charge in [-0.2, -0.15) is 4.98 Å². The molecule has 4 nitrogen and oxygen atoms in total. The molecule has 106 valence electrons. The van der Waals surface area contributed by atoms with Crippen molar-refractivity contribution in [1.82, 2.24) is 15.5 Å². The number of aromatic nitrogens is 2. The van der Waals surface area contributed by atoms with Crippen molar-refractivity contribution in [2.24, 2.45) is 5.92 Å². The van der Waals surface area contributed by atoms with E-state index in [1.54, 1.807) is 6.07 Å². The topological polar surface area (TPSA) is 51.0 Å². The lowest BCUT2D eigenvalue weighted by Gasteiger charge is -2.03. The van der Waals surface area contributed by atoms with Crippen LogP contribution in [0.3, 0.4) is 0 Å². The zero-order valence-electron chi connectivity index (χ0n) is 10.9. The zero-order chi connectivity index (χ0) is 13.9. The van der Waals surface area contributed by atoms with Gasteiger partial charge >= 0.3 is 0 Å². The highest BCUT2D eigenvalue weighted by molar-refractivity contribution is 9.10. The summed E-state index contributed by atoms with van der Waals surface area (Å²) in [6, 6.07) is 4.58. The Balaban J connectivity index is 1.69. The second-order valence-corrected chi connectivity index (χ2v) is 5.98. The first-order valence-corrected chi connectivity index (χ1v) is 7.50. The zero-order valence-corrected chi connectivity index (χ0v) is 12.5. The highest BCUT2D eigenvalue weighted by Gasteiger charge is 2.16. The maximum atomic E-state index is 13.3. The van der Waals surface area contributed by atoms with Crippen LogP contribution in [0.5, 0.6) is 0 Å². The first kappa shape index (κ1) is 13.7. The summed E-state index contributed by atoms with van der Waals surface area (Å²) >= 11 is 3.26. The number of hydrogen-bond donors (Lipinski definition) is 1. The summed E-state index contributed by atoms with van der Waals surface area (Å²) in [6.45, 7) is 2.16. The molecule has 1 saturated heterocycles. The molecule has 0 aliphatic carbocycles. The Labute approximate surface area is 124 Å². The monoisotopic (exact) mass is 339 g/mol. The normalized spacial score (nSPS) is 18.6. The third kappa shape index (κ3) is 3.24. The Hall–Kier alpha value is -1.27. The molecule has 0 bridgehead atoms. The van der Waals surface area contributed by atoms with Crippen molar-refractivity contribution in [3.8, 4) is 11.4 Å². The van der Waals surface area contributed by atoms with Crippen LogP contribution in [0.1, 0.15) is 18.7 Å². The second-order valence-electron chi connectivity index (χ2n) is 5.07. The molecule has 1 aromatic carbocycles. The molecule has 2 heterocycles. The van der Waals surface area contributed by atoms with Crippen LogP contribution < -0.4 is 5.32 Å². The lowest BCUT2D eigenvalue weighted by atomic mass is 10.0. The fourth-order valence-corrected chi connectivity index (χ4v) is 2.91. The summed E-state index contributed by atoms with van der Waals surface area (Å²) in [5.74, 6) is 1.42. The molecule has 1 fully saturated rings. The van der Waals surface area contributed by atoms with Crippen LogP contribution >= 0.6 is 15.9 Å². The van der Waals surface area contributed by atoms with Crippen LogP contribution in [0.25, 0.3) is 11.4 Å². The first-order valence-electron chi connectivity index (χ1n) is 6.70. The van der Waals surface area contributed by atoms with Crippen molar-refractivity contribution >= 4 is 15.9 Å².